The van der Waals surface area contributed by atoms with Gasteiger partial charge in [-0.2, -0.15) is 0 Å². The number of aliphatic hydroxyl groups excluding tert-OH is 1. The maximum Gasteiger partial charge on any atom is 0.284 e. The van der Waals surface area contributed by atoms with Crippen LogP contribution >= 0.6 is 23.1 Å². The molecule has 1 amide bonds. The summed E-state index contributed by atoms with van der Waals surface area (Å²) in [5, 5.41) is 25.5. The summed E-state index contributed by atoms with van der Waals surface area (Å²) >= 11 is 2.62. The van der Waals surface area contributed by atoms with Crippen LogP contribution in [0.2, 0.25) is 0 Å². The Morgan fingerprint density at radius 1 is 1.50 bits per heavy atom. The average molecular weight is 396 g/mol. The Morgan fingerprint density at radius 2 is 2.23 bits per heavy atom. The van der Waals surface area contributed by atoms with E-state index in [-0.39, 0.29) is 29.8 Å². The molecule has 0 saturated heterocycles. The highest BCUT2D eigenvalue weighted by Crippen LogP contribution is 2.36. The molecule has 2 aromatic rings. The number of benzene rings is 1. The van der Waals surface area contributed by atoms with E-state index in [1.165, 1.54) is 29.2 Å². The number of nitro groups is 1. The number of carbonyl (C=O) groups is 1. The van der Waals surface area contributed by atoms with E-state index in [1.54, 1.807) is 12.1 Å². The van der Waals surface area contributed by atoms with Crippen molar-refractivity contribution in [2.75, 3.05) is 6.61 Å². The first-order valence-electron chi connectivity index (χ1n) is 8.15. The zero-order chi connectivity index (χ0) is 19.3. The predicted octanol–water partition coefficient (Wildman–Crippen LogP) is 3.65. The summed E-state index contributed by atoms with van der Waals surface area (Å²) in [6.07, 6.45) is 0.800. The van der Waals surface area contributed by atoms with Gasteiger partial charge in [0.1, 0.15) is 0 Å². The SMILES string of the molecule is CC[C@@H](C)[C@@H](CO)NC(=O)c1ccc(Sc2nc(C)cs2)c([N+](=O)[O-])c1. The number of hydrogen-bond donors (Lipinski definition) is 2. The van der Waals surface area contributed by atoms with Crippen molar-refractivity contribution < 1.29 is 14.8 Å². The number of nitrogens with one attached hydrogen (secondary N) is 1. The second-order valence-electron chi connectivity index (χ2n) is 5.94. The molecular weight excluding hydrogens is 374 g/mol. The first-order chi connectivity index (χ1) is 12.3. The highest BCUT2D eigenvalue weighted by atomic mass is 32.2. The third-order valence-corrected chi connectivity index (χ3v) is 6.18. The molecule has 1 aromatic heterocycles. The lowest BCUT2D eigenvalue weighted by atomic mass is 9.99. The smallest absolute Gasteiger partial charge is 0.284 e. The Morgan fingerprint density at radius 3 is 2.77 bits per heavy atom. The van der Waals surface area contributed by atoms with E-state index in [0.717, 1.165) is 12.1 Å². The molecule has 1 heterocycles. The summed E-state index contributed by atoms with van der Waals surface area (Å²) in [4.78, 5) is 28.1. The lowest BCUT2D eigenvalue weighted by Crippen LogP contribution is -2.41. The van der Waals surface area contributed by atoms with Crippen molar-refractivity contribution in [3.63, 3.8) is 0 Å². The van der Waals surface area contributed by atoms with E-state index in [9.17, 15) is 20.0 Å². The second kappa shape index (κ2) is 9.11. The number of thiazole rings is 1. The minimum Gasteiger partial charge on any atom is -0.394 e. The fourth-order valence-corrected chi connectivity index (χ4v) is 4.14. The number of amides is 1. The lowest BCUT2D eigenvalue weighted by Gasteiger charge is -2.22. The van der Waals surface area contributed by atoms with Gasteiger partial charge in [-0.25, -0.2) is 4.98 Å². The predicted molar refractivity (Wildman–Crippen MR) is 102 cm³/mol. The number of aromatic nitrogens is 1. The molecule has 2 rings (SSSR count). The van der Waals surface area contributed by atoms with Crippen molar-refractivity contribution in [2.45, 2.75) is 42.5 Å². The molecule has 0 bridgehead atoms. The molecule has 1 aromatic carbocycles. The number of carbonyl (C=O) groups excluding carboxylic acids is 1. The van der Waals surface area contributed by atoms with E-state index >= 15 is 0 Å². The first kappa shape index (κ1) is 20.3. The maximum atomic E-state index is 12.4. The highest BCUT2D eigenvalue weighted by molar-refractivity contribution is 8.01. The number of aryl methyl sites for hydroxylation is 1. The Hall–Kier alpha value is -1.97. The Bertz CT molecular complexity index is 794. The topological polar surface area (TPSA) is 105 Å². The summed E-state index contributed by atoms with van der Waals surface area (Å²) in [5.74, 6) is -0.337. The van der Waals surface area contributed by atoms with E-state index in [4.69, 9.17) is 0 Å². The number of hydrogen-bond acceptors (Lipinski definition) is 7. The fourth-order valence-electron chi connectivity index (χ4n) is 2.27. The van der Waals surface area contributed by atoms with E-state index in [1.807, 2.05) is 26.2 Å². The van der Waals surface area contributed by atoms with Crippen molar-refractivity contribution in [1.29, 1.82) is 0 Å². The van der Waals surface area contributed by atoms with Crippen LogP contribution in [0.5, 0.6) is 0 Å². The minimum atomic E-state index is -0.502. The maximum absolute atomic E-state index is 12.4. The van der Waals surface area contributed by atoms with E-state index in [2.05, 4.69) is 10.3 Å². The number of nitro benzene ring substituents is 1. The Balaban J connectivity index is 2.24. The van der Waals surface area contributed by atoms with Crippen LogP contribution in [0.4, 0.5) is 5.69 Å². The van der Waals surface area contributed by atoms with Gasteiger partial charge in [0, 0.05) is 22.7 Å². The third-order valence-electron chi connectivity index (χ3n) is 4.06. The van der Waals surface area contributed by atoms with Gasteiger partial charge in [0.25, 0.3) is 11.6 Å². The fraction of sp³-hybridized carbons (Fsp3) is 0.412. The summed E-state index contributed by atoms with van der Waals surface area (Å²) in [5.41, 5.74) is 0.911. The molecule has 0 spiro atoms. The zero-order valence-corrected chi connectivity index (χ0v) is 16.4. The van der Waals surface area contributed by atoms with Crippen LogP contribution in [-0.4, -0.2) is 33.6 Å². The van der Waals surface area contributed by atoms with Crippen molar-refractivity contribution >= 4 is 34.7 Å². The molecule has 0 aliphatic rings. The summed E-state index contributed by atoms with van der Waals surface area (Å²) in [6, 6.07) is 3.99. The Labute approximate surface area is 160 Å². The second-order valence-corrected chi connectivity index (χ2v) is 8.09. The minimum absolute atomic E-state index is 0.0990. The van der Waals surface area contributed by atoms with Crippen LogP contribution in [0.25, 0.3) is 0 Å². The van der Waals surface area contributed by atoms with Gasteiger partial charge in [0.05, 0.1) is 22.5 Å². The van der Waals surface area contributed by atoms with E-state index < -0.39 is 10.8 Å². The normalized spacial score (nSPS) is 13.2. The van der Waals surface area contributed by atoms with Gasteiger partial charge in [-0.05, 0) is 25.0 Å². The largest absolute Gasteiger partial charge is 0.394 e. The van der Waals surface area contributed by atoms with Gasteiger partial charge >= 0.3 is 0 Å². The molecular formula is C17H21N3O4S2. The van der Waals surface area contributed by atoms with Crippen molar-refractivity contribution in [3.05, 3.63) is 45.0 Å². The van der Waals surface area contributed by atoms with Crippen molar-refractivity contribution in [3.8, 4) is 0 Å². The summed E-state index contributed by atoms with van der Waals surface area (Å²) in [6.45, 7) is 5.58. The third kappa shape index (κ3) is 5.03. The molecule has 26 heavy (non-hydrogen) atoms. The molecule has 140 valence electrons. The molecule has 2 atom stereocenters. The summed E-state index contributed by atoms with van der Waals surface area (Å²) < 4.78 is 0.708. The van der Waals surface area contributed by atoms with Crippen LogP contribution in [0.1, 0.15) is 36.3 Å². The number of rotatable bonds is 8. The van der Waals surface area contributed by atoms with Crippen LogP contribution < -0.4 is 5.32 Å². The molecule has 9 heteroatoms. The average Bonchev–Trinajstić information content (AvgIpc) is 3.03. The van der Waals surface area contributed by atoms with Gasteiger partial charge in [0.15, 0.2) is 4.34 Å². The first-order valence-corrected chi connectivity index (χ1v) is 9.85. The van der Waals surface area contributed by atoms with Gasteiger partial charge in [0.2, 0.25) is 0 Å². The molecule has 2 N–H and O–H groups in total. The lowest BCUT2D eigenvalue weighted by molar-refractivity contribution is -0.387. The van der Waals surface area contributed by atoms with Crippen LogP contribution in [-0.2, 0) is 0 Å². The van der Waals surface area contributed by atoms with Crippen LogP contribution in [0.15, 0.2) is 32.8 Å². The molecule has 0 aliphatic carbocycles. The van der Waals surface area contributed by atoms with Crippen LogP contribution in [0.3, 0.4) is 0 Å². The van der Waals surface area contributed by atoms with Gasteiger partial charge in [-0.15, -0.1) is 11.3 Å². The summed E-state index contributed by atoms with van der Waals surface area (Å²) in [7, 11) is 0. The molecule has 0 unspecified atom stereocenters. The molecule has 0 aliphatic heterocycles. The van der Waals surface area contributed by atoms with Crippen molar-refractivity contribution in [1.82, 2.24) is 10.3 Å². The molecule has 0 saturated carbocycles. The van der Waals surface area contributed by atoms with Gasteiger partial charge < -0.3 is 10.4 Å². The monoisotopic (exact) mass is 395 g/mol. The highest BCUT2D eigenvalue weighted by Gasteiger charge is 2.22. The number of nitrogens with zero attached hydrogens (tertiary/aromatic N) is 2. The number of aliphatic hydroxyl groups is 1. The molecule has 7 nitrogen and oxygen atoms in total. The van der Waals surface area contributed by atoms with Gasteiger partial charge in [-0.1, -0.05) is 32.0 Å². The van der Waals surface area contributed by atoms with Crippen molar-refractivity contribution in [2.24, 2.45) is 5.92 Å². The quantitative estimate of drug-likeness (QED) is 0.522. The Kier molecular flexibility index (Phi) is 7.13. The standard InChI is InChI=1S/C17H21N3O4S2/c1-4-10(2)13(8-21)19-16(22)12-5-6-15(14(7-12)20(23)24)26-17-18-11(3)9-25-17/h5-7,9-10,13,21H,4,8H2,1-3H3,(H,19,22)/t10-,13-/m1/s1. The van der Waals surface area contributed by atoms with Crippen LogP contribution in [0, 0.1) is 23.0 Å². The zero-order valence-electron chi connectivity index (χ0n) is 14.8. The molecule has 0 fully saturated rings. The van der Waals surface area contributed by atoms with E-state index in [0.29, 0.717) is 9.24 Å². The van der Waals surface area contributed by atoms with Gasteiger partial charge in [-0.3, -0.25) is 14.9 Å². The molecule has 0 radical (unpaired) electrons.